The van der Waals surface area contributed by atoms with Crippen molar-refractivity contribution in [2.45, 2.75) is 26.3 Å². The Hall–Kier alpha value is -1.29. The smallest absolute Gasteiger partial charge is 0.146 e. The zero-order valence-electron chi connectivity index (χ0n) is 11.0. The molecule has 2 heterocycles. The minimum Gasteiger partial charge on any atom is -0.382 e. The van der Waals surface area contributed by atoms with Gasteiger partial charge >= 0.3 is 0 Å². The summed E-state index contributed by atoms with van der Waals surface area (Å²) in [6.07, 6.45) is 1.74. The summed E-state index contributed by atoms with van der Waals surface area (Å²) in [4.78, 5) is 8.98. The van der Waals surface area contributed by atoms with Crippen LogP contribution in [-0.2, 0) is 0 Å². The second kappa shape index (κ2) is 4.53. The van der Waals surface area contributed by atoms with Gasteiger partial charge in [0.15, 0.2) is 0 Å². The van der Waals surface area contributed by atoms with E-state index < -0.39 is 0 Å². The number of piperazine rings is 1. The minimum atomic E-state index is 0.257. The fourth-order valence-corrected chi connectivity index (χ4v) is 2.29. The van der Waals surface area contributed by atoms with Crippen LogP contribution in [0.4, 0.5) is 11.5 Å². The van der Waals surface area contributed by atoms with Crippen molar-refractivity contribution in [2.75, 3.05) is 36.8 Å². The van der Waals surface area contributed by atoms with Crippen molar-refractivity contribution in [3.63, 3.8) is 0 Å². The molecule has 1 aliphatic rings. The Balaban J connectivity index is 2.03. The van der Waals surface area contributed by atoms with Gasteiger partial charge in [-0.25, -0.2) is 4.98 Å². The largest absolute Gasteiger partial charge is 0.382 e. The van der Waals surface area contributed by atoms with Crippen molar-refractivity contribution < 1.29 is 0 Å². The molecule has 0 spiro atoms. The number of hydrogen-bond acceptors (Lipinski definition) is 4. The van der Waals surface area contributed by atoms with Gasteiger partial charge < -0.3 is 10.6 Å². The summed E-state index contributed by atoms with van der Waals surface area (Å²) < 4.78 is 0. The van der Waals surface area contributed by atoms with Gasteiger partial charge in [0.05, 0.1) is 5.69 Å². The second-order valence-corrected chi connectivity index (χ2v) is 5.55. The number of hydrogen-bond donors (Lipinski definition) is 1. The SMILES string of the molecule is CC(C)(C)N1CCN(c2cccnc2N)CC1. The van der Waals surface area contributed by atoms with Gasteiger partial charge in [-0.3, -0.25) is 4.90 Å². The topological polar surface area (TPSA) is 45.4 Å². The molecule has 4 heteroatoms. The number of rotatable bonds is 1. The van der Waals surface area contributed by atoms with E-state index in [0.717, 1.165) is 31.9 Å². The number of nitrogens with two attached hydrogens (primary N) is 1. The molecular weight excluding hydrogens is 212 g/mol. The molecule has 17 heavy (non-hydrogen) atoms. The van der Waals surface area contributed by atoms with Crippen molar-refractivity contribution >= 4 is 11.5 Å². The Bertz CT molecular complexity index is 375. The molecule has 0 radical (unpaired) electrons. The molecular formula is C13H22N4. The van der Waals surface area contributed by atoms with Crippen molar-refractivity contribution in [3.8, 4) is 0 Å². The first-order valence-corrected chi connectivity index (χ1v) is 6.19. The van der Waals surface area contributed by atoms with Crippen LogP contribution in [0.5, 0.6) is 0 Å². The summed E-state index contributed by atoms with van der Waals surface area (Å²) in [5.41, 5.74) is 7.23. The molecule has 1 aromatic heterocycles. The van der Waals surface area contributed by atoms with E-state index in [0.29, 0.717) is 5.82 Å². The molecule has 0 saturated carbocycles. The number of pyridine rings is 1. The Morgan fingerprint density at radius 1 is 1.18 bits per heavy atom. The first-order valence-electron chi connectivity index (χ1n) is 6.19. The van der Waals surface area contributed by atoms with E-state index in [1.165, 1.54) is 0 Å². The van der Waals surface area contributed by atoms with Gasteiger partial charge in [0, 0.05) is 37.9 Å². The van der Waals surface area contributed by atoms with Crippen molar-refractivity contribution in [3.05, 3.63) is 18.3 Å². The lowest BCUT2D eigenvalue weighted by Crippen LogP contribution is -2.53. The minimum absolute atomic E-state index is 0.257. The van der Waals surface area contributed by atoms with Crippen LogP contribution in [0.3, 0.4) is 0 Å². The highest BCUT2D eigenvalue weighted by Gasteiger charge is 2.26. The van der Waals surface area contributed by atoms with Crippen LogP contribution in [0.2, 0.25) is 0 Å². The van der Waals surface area contributed by atoms with Crippen LogP contribution < -0.4 is 10.6 Å². The van der Waals surface area contributed by atoms with Crippen LogP contribution >= 0.6 is 0 Å². The van der Waals surface area contributed by atoms with E-state index >= 15 is 0 Å². The van der Waals surface area contributed by atoms with Crippen molar-refractivity contribution in [1.29, 1.82) is 0 Å². The Labute approximate surface area is 103 Å². The van der Waals surface area contributed by atoms with Crippen molar-refractivity contribution in [1.82, 2.24) is 9.88 Å². The molecule has 4 nitrogen and oxygen atoms in total. The third kappa shape index (κ3) is 2.69. The second-order valence-electron chi connectivity index (χ2n) is 5.55. The van der Waals surface area contributed by atoms with Crippen LogP contribution in [0, 0.1) is 0 Å². The standard InChI is InChI=1S/C13H22N4/c1-13(2,3)17-9-7-16(8-10-17)11-5-4-6-15-12(11)14/h4-6H,7-10H2,1-3H3,(H2,14,15). The van der Waals surface area contributed by atoms with Gasteiger partial charge in [0.1, 0.15) is 5.82 Å². The molecule has 1 aliphatic heterocycles. The third-order valence-electron chi connectivity index (χ3n) is 3.39. The van der Waals surface area contributed by atoms with Crippen LogP contribution in [-0.4, -0.2) is 41.6 Å². The van der Waals surface area contributed by atoms with E-state index in [2.05, 4.69) is 41.6 Å². The predicted octanol–water partition coefficient (Wildman–Crippen LogP) is 1.58. The van der Waals surface area contributed by atoms with Gasteiger partial charge in [-0.1, -0.05) is 0 Å². The molecule has 0 aliphatic carbocycles. The average molecular weight is 234 g/mol. The van der Waals surface area contributed by atoms with E-state index in [9.17, 15) is 0 Å². The number of aromatic nitrogens is 1. The highest BCUT2D eigenvalue weighted by atomic mass is 15.3. The van der Waals surface area contributed by atoms with Gasteiger partial charge in [-0.2, -0.15) is 0 Å². The van der Waals surface area contributed by atoms with Gasteiger partial charge in [-0.15, -0.1) is 0 Å². The zero-order chi connectivity index (χ0) is 12.5. The molecule has 2 rings (SSSR count). The normalized spacial score (nSPS) is 18.4. The monoisotopic (exact) mass is 234 g/mol. The van der Waals surface area contributed by atoms with E-state index in [-0.39, 0.29) is 5.54 Å². The molecule has 0 atom stereocenters. The molecule has 1 aromatic rings. The molecule has 2 N–H and O–H groups in total. The zero-order valence-corrected chi connectivity index (χ0v) is 11.0. The highest BCUT2D eigenvalue weighted by molar-refractivity contribution is 5.63. The highest BCUT2D eigenvalue weighted by Crippen LogP contribution is 2.23. The summed E-state index contributed by atoms with van der Waals surface area (Å²) in [6.45, 7) is 11.0. The van der Waals surface area contributed by atoms with E-state index in [1.807, 2.05) is 6.07 Å². The van der Waals surface area contributed by atoms with Gasteiger partial charge in [0.2, 0.25) is 0 Å². The summed E-state index contributed by atoms with van der Waals surface area (Å²) in [7, 11) is 0. The molecule has 0 unspecified atom stereocenters. The van der Waals surface area contributed by atoms with Crippen LogP contribution in [0.25, 0.3) is 0 Å². The summed E-state index contributed by atoms with van der Waals surface area (Å²) in [5, 5.41) is 0. The fraction of sp³-hybridized carbons (Fsp3) is 0.615. The lowest BCUT2D eigenvalue weighted by Gasteiger charge is -2.43. The third-order valence-corrected chi connectivity index (χ3v) is 3.39. The summed E-state index contributed by atoms with van der Waals surface area (Å²) >= 11 is 0. The number of nitrogens with zero attached hydrogens (tertiary/aromatic N) is 3. The molecule has 0 aromatic carbocycles. The predicted molar refractivity (Wildman–Crippen MR) is 72.2 cm³/mol. The van der Waals surface area contributed by atoms with Crippen LogP contribution in [0.15, 0.2) is 18.3 Å². The van der Waals surface area contributed by atoms with E-state index in [4.69, 9.17) is 5.73 Å². The lowest BCUT2D eigenvalue weighted by atomic mass is 10.0. The number of anilines is 2. The first-order chi connectivity index (χ1) is 7.98. The lowest BCUT2D eigenvalue weighted by molar-refractivity contribution is 0.128. The van der Waals surface area contributed by atoms with Gasteiger partial charge in [-0.05, 0) is 32.9 Å². The first kappa shape index (κ1) is 12.2. The molecule has 0 bridgehead atoms. The molecule has 94 valence electrons. The van der Waals surface area contributed by atoms with Crippen molar-refractivity contribution in [2.24, 2.45) is 0 Å². The van der Waals surface area contributed by atoms with Crippen LogP contribution in [0.1, 0.15) is 20.8 Å². The quantitative estimate of drug-likeness (QED) is 0.801. The van der Waals surface area contributed by atoms with E-state index in [1.54, 1.807) is 6.20 Å². The Kier molecular flexibility index (Phi) is 3.24. The summed E-state index contributed by atoms with van der Waals surface area (Å²) in [5.74, 6) is 0.636. The van der Waals surface area contributed by atoms with Gasteiger partial charge in [0.25, 0.3) is 0 Å². The Morgan fingerprint density at radius 3 is 2.35 bits per heavy atom. The Morgan fingerprint density at radius 2 is 1.82 bits per heavy atom. The maximum Gasteiger partial charge on any atom is 0.146 e. The fourth-order valence-electron chi connectivity index (χ4n) is 2.29. The molecule has 1 fully saturated rings. The maximum absolute atomic E-state index is 5.91. The average Bonchev–Trinajstić information content (AvgIpc) is 2.29. The maximum atomic E-state index is 5.91. The number of nitrogen functional groups attached to an aromatic ring is 1. The molecule has 0 amide bonds. The molecule has 1 saturated heterocycles. The summed E-state index contributed by atoms with van der Waals surface area (Å²) in [6, 6.07) is 4.00.